The number of amides is 1. The van der Waals surface area contributed by atoms with Gasteiger partial charge in [-0.05, 0) is 31.0 Å². The van der Waals surface area contributed by atoms with Crippen LogP contribution in [-0.2, 0) is 4.79 Å². The van der Waals surface area contributed by atoms with Gasteiger partial charge in [0, 0.05) is 25.1 Å². The van der Waals surface area contributed by atoms with Gasteiger partial charge in [-0.1, -0.05) is 13.8 Å². The largest absolute Gasteiger partial charge is 0.320 e. The van der Waals surface area contributed by atoms with Gasteiger partial charge in [0.15, 0.2) is 0 Å². The van der Waals surface area contributed by atoms with Gasteiger partial charge in [-0.25, -0.2) is 0 Å². The van der Waals surface area contributed by atoms with E-state index in [-0.39, 0.29) is 23.7 Å². The van der Waals surface area contributed by atoms with E-state index in [0.717, 1.165) is 11.1 Å². The molecule has 1 aromatic carbocycles. The molecule has 0 atom stereocenters. The Hall–Kier alpha value is -1.95. The van der Waals surface area contributed by atoms with Crippen molar-refractivity contribution >= 4 is 17.3 Å². The molecule has 0 aliphatic heterocycles. The molecule has 0 fully saturated rings. The van der Waals surface area contributed by atoms with Crippen LogP contribution in [0.5, 0.6) is 0 Å². The number of hydrogen-bond acceptors (Lipinski definition) is 4. The highest BCUT2D eigenvalue weighted by atomic mass is 16.6. The van der Waals surface area contributed by atoms with E-state index >= 15 is 0 Å². The lowest BCUT2D eigenvalue weighted by atomic mass is 10.1. The molecule has 6 heteroatoms. The van der Waals surface area contributed by atoms with Crippen molar-refractivity contribution in [2.24, 2.45) is 0 Å². The molecule has 0 saturated carbocycles. The number of nitrogens with one attached hydrogen (secondary N) is 2. The van der Waals surface area contributed by atoms with E-state index < -0.39 is 4.92 Å². The van der Waals surface area contributed by atoms with E-state index in [1.165, 1.54) is 6.07 Å². The van der Waals surface area contributed by atoms with Crippen molar-refractivity contribution < 1.29 is 9.72 Å². The predicted octanol–water partition coefficient (Wildman–Crippen LogP) is 2.54. The van der Waals surface area contributed by atoms with Crippen molar-refractivity contribution in [2.75, 3.05) is 11.9 Å². The number of nitrogens with zero attached hydrogens (tertiary/aromatic N) is 1. The zero-order valence-electron chi connectivity index (χ0n) is 12.3. The highest BCUT2D eigenvalue weighted by molar-refractivity contribution is 5.93. The maximum atomic E-state index is 11.8. The van der Waals surface area contributed by atoms with E-state index in [2.05, 4.69) is 10.6 Å². The van der Waals surface area contributed by atoms with Crippen molar-refractivity contribution in [2.45, 2.75) is 40.2 Å². The van der Waals surface area contributed by atoms with Crippen LogP contribution in [0, 0.1) is 24.0 Å². The van der Waals surface area contributed by atoms with Gasteiger partial charge in [0.25, 0.3) is 5.69 Å². The molecule has 0 saturated heterocycles. The predicted molar refractivity (Wildman–Crippen MR) is 79.0 cm³/mol. The van der Waals surface area contributed by atoms with Crippen LogP contribution in [0.4, 0.5) is 11.4 Å². The minimum Gasteiger partial charge on any atom is -0.320 e. The Morgan fingerprint density at radius 2 is 1.90 bits per heavy atom. The summed E-state index contributed by atoms with van der Waals surface area (Å²) in [5, 5.41) is 16.8. The van der Waals surface area contributed by atoms with Gasteiger partial charge in [-0.2, -0.15) is 0 Å². The quantitative estimate of drug-likeness (QED) is 0.619. The second-order valence-corrected chi connectivity index (χ2v) is 5.12. The topological polar surface area (TPSA) is 84.3 Å². The molecule has 6 nitrogen and oxygen atoms in total. The number of nitro groups is 1. The maximum Gasteiger partial charge on any atom is 0.293 e. The molecule has 0 heterocycles. The fourth-order valence-corrected chi connectivity index (χ4v) is 1.74. The second kappa shape index (κ2) is 7.00. The third kappa shape index (κ3) is 4.62. The molecule has 0 bridgehead atoms. The van der Waals surface area contributed by atoms with Crippen LogP contribution in [0.1, 0.15) is 31.4 Å². The highest BCUT2D eigenvalue weighted by Crippen LogP contribution is 2.27. The number of rotatable bonds is 6. The monoisotopic (exact) mass is 279 g/mol. The molecule has 0 aliphatic rings. The van der Waals surface area contributed by atoms with E-state index in [4.69, 9.17) is 0 Å². The Kier molecular flexibility index (Phi) is 5.64. The Morgan fingerprint density at radius 1 is 1.30 bits per heavy atom. The second-order valence-electron chi connectivity index (χ2n) is 5.12. The lowest BCUT2D eigenvalue weighted by Crippen LogP contribution is -2.27. The standard InChI is InChI=1S/C14H21N3O3/c1-9(2)15-6-5-14(18)16-12-7-10(3)11(4)8-13(12)17(19)20/h7-9,15H,5-6H2,1-4H3,(H,16,18). The Labute approximate surface area is 118 Å². The van der Waals surface area contributed by atoms with E-state index in [1.54, 1.807) is 13.0 Å². The normalized spacial score (nSPS) is 10.7. The first-order chi connectivity index (χ1) is 9.31. The number of anilines is 1. The van der Waals surface area contributed by atoms with Crippen LogP contribution < -0.4 is 10.6 Å². The molecule has 1 rings (SSSR count). The first-order valence-electron chi connectivity index (χ1n) is 6.60. The molecule has 2 N–H and O–H groups in total. The van der Waals surface area contributed by atoms with Crippen LogP contribution in [-0.4, -0.2) is 23.4 Å². The van der Waals surface area contributed by atoms with Crippen molar-refractivity contribution in [1.29, 1.82) is 0 Å². The zero-order chi connectivity index (χ0) is 15.3. The van der Waals surface area contributed by atoms with Gasteiger partial charge in [0.05, 0.1) is 4.92 Å². The number of hydrogen-bond donors (Lipinski definition) is 2. The van der Waals surface area contributed by atoms with Crippen LogP contribution in [0.25, 0.3) is 0 Å². The average Bonchev–Trinajstić information content (AvgIpc) is 2.32. The molecule has 0 unspecified atom stereocenters. The van der Waals surface area contributed by atoms with Crippen molar-refractivity contribution in [3.8, 4) is 0 Å². The Bertz CT molecular complexity index is 513. The third-order valence-electron chi connectivity index (χ3n) is 2.99. The smallest absolute Gasteiger partial charge is 0.293 e. The summed E-state index contributed by atoms with van der Waals surface area (Å²) in [5.41, 5.74) is 1.92. The van der Waals surface area contributed by atoms with Crippen LogP contribution in [0.15, 0.2) is 12.1 Å². The van der Waals surface area contributed by atoms with Crippen LogP contribution in [0.2, 0.25) is 0 Å². The highest BCUT2D eigenvalue weighted by Gasteiger charge is 2.17. The number of benzene rings is 1. The molecular weight excluding hydrogens is 258 g/mol. The van der Waals surface area contributed by atoms with E-state index in [9.17, 15) is 14.9 Å². The van der Waals surface area contributed by atoms with Crippen LogP contribution >= 0.6 is 0 Å². The number of carbonyl (C=O) groups excluding carboxylic acids is 1. The minimum absolute atomic E-state index is 0.0710. The molecule has 110 valence electrons. The fraction of sp³-hybridized carbons (Fsp3) is 0.500. The van der Waals surface area contributed by atoms with Crippen LogP contribution in [0.3, 0.4) is 0 Å². The van der Waals surface area contributed by atoms with Gasteiger partial charge in [0.2, 0.25) is 5.91 Å². The SMILES string of the molecule is Cc1cc(NC(=O)CCNC(C)C)c([N+](=O)[O-])cc1C. The average molecular weight is 279 g/mol. The van der Waals surface area contributed by atoms with E-state index in [0.29, 0.717) is 12.6 Å². The summed E-state index contributed by atoms with van der Waals surface area (Å²) >= 11 is 0. The van der Waals surface area contributed by atoms with E-state index in [1.807, 2.05) is 20.8 Å². The molecule has 0 aliphatic carbocycles. The van der Waals surface area contributed by atoms with Gasteiger partial charge in [0.1, 0.15) is 5.69 Å². The van der Waals surface area contributed by atoms with Crippen molar-refractivity contribution in [1.82, 2.24) is 5.32 Å². The summed E-state index contributed by atoms with van der Waals surface area (Å²) < 4.78 is 0. The lowest BCUT2D eigenvalue weighted by Gasteiger charge is -2.10. The van der Waals surface area contributed by atoms with Gasteiger partial charge >= 0.3 is 0 Å². The maximum absolute atomic E-state index is 11.8. The summed E-state index contributed by atoms with van der Waals surface area (Å²) in [5.74, 6) is -0.232. The summed E-state index contributed by atoms with van der Waals surface area (Å²) in [6, 6.07) is 3.43. The molecule has 1 aromatic rings. The van der Waals surface area contributed by atoms with Crippen molar-refractivity contribution in [3.63, 3.8) is 0 Å². The molecular formula is C14H21N3O3. The molecule has 1 amide bonds. The third-order valence-corrected chi connectivity index (χ3v) is 2.99. The number of aryl methyl sites for hydroxylation is 2. The molecule has 0 aromatic heterocycles. The minimum atomic E-state index is -0.478. The summed E-state index contributed by atoms with van der Waals surface area (Å²) in [6.45, 7) is 8.19. The summed E-state index contributed by atoms with van der Waals surface area (Å²) in [6.07, 6.45) is 0.280. The molecule has 0 spiro atoms. The summed E-state index contributed by atoms with van der Waals surface area (Å²) in [7, 11) is 0. The lowest BCUT2D eigenvalue weighted by molar-refractivity contribution is -0.384. The number of carbonyl (C=O) groups is 1. The van der Waals surface area contributed by atoms with Gasteiger partial charge < -0.3 is 10.6 Å². The van der Waals surface area contributed by atoms with Gasteiger partial charge in [-0.15, -0.1) is 0 Å². The first kappa shape index (κ1) is 16.1. The number of nitro benzene ring substituents is 1. The fourth-order valence-electron chi connectivity index (χ4n) is 1.74. The molecule has 20 heavy (non-hydrogen) atoms. The molecule has 0 radical (unpaired) electrons. The Balaban J connectivity index is 2.78. The summed E-state index contributed by atoms with van der Waals surface area (Å²) in [4.78, 5) is 22.3. The zero-order valence-corrected chi connectivity index (χ0v) is 12.3. The Morgan fingerprint density at radius 3 is 2.45 bits per heavy atom. The van der Waals surface area contributed by atoms with Gasteiger partial charge in [-0.3, -0.25) is 14.9 Å². The first-order valence-corrected chi connectivity index (χ1v) is 6.60. The van der Waals surface area contributed by atoms with Crippen molar-refractivity contribution in [3.05, 3.63) is 33.4 Å².